The van der Waals surface area contributed by atoms with E-state index in [0.29, 0.717) is 34.2 Å². The molecule has 4 aromatic rings. The van der Waals surface area contributed by atoms with Crippen molar-refractivity contribution >= 4 is 39.7 Å². The van der Waals surface area contributed by atoms with Gasteiger partial charge in [0.15, 0.2) is 11.5 Å². The Morgan fingerprint density at radius 1 is 1.11 bits per heavy atom. The molecule has 0 atom stereocenters. The number of hydrogen-bond donors (Lipinski definition) is 3. The fourth-order valence-corrected chi connectivity index (χ4v) is 2.81. The normalized spacial score (nSPS) is 10.6. The number of benzene rings is 2. The van der Waals surface area contributed by atoms with Crippen molar-refractivity contribution in [1.82, 2.24) is 15.0 Å². The second kappa shape index (κ2) is 6.77. The van der Waals surface area contributed by atoms with Crippen LogP contribution in [0.5, 0.6) is 0 Å². The van der Waals surface area contributed by atoms with Crippen molar-refractivity contribution < 1.29 is 4.39 Å². The average Bonchev–Trinajstić information content (AvgIpc) is 3.06. The Morgan fingerprint density at radius 2 is 2.00 bits per heavy atom. The van der Waals surface area contributed by atoms with E-state index in [1.807, 2.05) is 19.1 Å². The number of nitrogens with zero attached hydrogens (tertiary/aromatic N) is 3. The molecular weight excluding hydrogens is 343 g/mol. The number of aromatic amines is 1. The Bertz CT molecular complexity index is 1170. The van der Waals surface area contributed by atoms with Gasteiger partial charge in [0.1, 0.15) is 5.82 Å². The molecule has 0 unspecified atom stereocenters. The summed E-state index contributed by atoms with van der Waals surface area (Å²) in [7, 11) is 0. The molecule has 27 heavy (non-hydrogen) atoms. The predicted molar refractivity (Wildman–Crippen MR) is 104 cm³/mol. The Balaban J connectivity index is 1.59. The quantitative estimate of drug-likeness (QED) is 0.425. The summed E-state index contributed by atoms with van der Waals surface area (Å²) in [5.41, 5.74) is 3.21. The van der Waals surface area contributed by atoms with Gasteiger partial charge in [0.25, 0.3) is 0 Å². The molecule has 2 heterocycles. The van der Waals surface area contributed by atoms with E-state index in [4.69, 9.17) is 6.57 Å². The van der Waals surface area contributed by atoms with Crippen LogP contribution in [0.2, 0.25) is 0 Å². The molecule has 0 spiro atoms. The molecule has 132 valence electrons. The van der Waals surface area contributed by atoms with Crippen LogP contribution in [0.4, 0.5) is 33.2 Å². The highest BCUT2D eigenvalue weighted by Gasteiger charge is 2.10. The molecule has 0 aliphatic carbocycles. The van der Waals surface area contributed by atoms with Crippen molar-refractivity contribution in [1.29, 1.82) is 0 Å². The topological polar surface area (TPSA) is 70.0 Å². The van der Waals surface area contributed by atoms with Gasteiger partial charge in [0, 0.05) is 28.5 Å². The zero-order chi connectivity index (χ0) is 18.8. The first-order valence-corrected chi connectivity index (χ1v) is 8.25. The van der Waals surface area contributed by atoms with Gasteiger partial charge in [-0.2, -0.15) is 4.98 Å². The lowest BCUT2D eigenvalue weighted by Gasteiger charge is -2.10. The first-order chi connectivity index (χ1) is 13.1. The molecule has 0 aliphatic rings. The minimum absolute atomic E-state index is 0.334. The summed E-state index contributed by atoms with van der Waals surface area (Å²) in [6.45, 7) is 8.96. The van der Waals surface area contributed by atoms with Crippen LogP contribution in [0.1, 0.15) is 5.69 Å². The molecule has 0 aliphatic heterocycles. The number of nitrogens with one attached hydrogen (secondary N) is 3. The van der Waals surface area contributed by atoms with Gasteiger partial charge in [-0.3, -0.25) is 0 Å². The second-order valence-electron chi connectivity index (χ2n) is 6.02. The summed E-state index contributed by atoms with van der Waals surface area (Å²) in [5.74, 6) is 0.468. The van der Waals surface area contributed by atoms with Gasteiger partial charge >= 0.3 is 0 Å². The highest BCUT2D eigenvalue weighted by Crippen LogP contribution is 2.27. The number of fused-ring (bicyclic) bond motifs is 1. The Morgan fingerprint density at radius 3 is 2.85 bits per heavy atom. The molecule has 0 radical (unpaired) electrons. The van der Waals surface area contributed by atoms with Crippen LogP contribution in [0.3, 0.4) is 0 Å². The molecule has 0 bridgehead atoms. The highest BCUT2D eigenvalue weighted by molar-refractivity contribution is 5.85. The summed E-state index contributed by atoms with van der Waals surface area (Å²) in [6, 6.07) is 13.9. The predicted octanol–water partition coefficient (Wildman–Crippen LogP) is 5.44. The van der Waals surface area contributed by atoms with Gasteiger partial charge in [-0.05, 0) is 43.3 Å². The lowest BCUT2D eigenvalue weighted by molar-refractivity contribution is 0.644. The second-order valence-corrected chi connectivity index (χ2v) is 6.02. The standard InChI is InChI=1S/C20H15FN6/c1-12-10-15-16(24-12)6-7-17(19(15)21)26-18-8-9-23-20(27-18)25-14-5-3-4-13(11-14)22-2/h3-11,24H,1H3,(H2,23,25,26,27). The van der Waals surface area contributed by atoms with Gasteiger partial charge in [-0.15, -0.1) is 0 Å². The van der Waals surface area contributed by atoms with Gasteiger partial charge in [0.2, 0.25) is 5.95 Å². The maximum absolute atomic E-state index is 14.7. The van der Waals surface area contributed by atoms with Crippen molar-refractivity contribution in [3.05, 3.63) is 77.7 Å². The molecule has 6 nitrogen and oxygen atoms in total. The third-order valence-corrected chi connectivity index (χ3v) is 4.02. The van der Waals surface area contributed by atoms with Crippen LogP contribution in [0.25, 0.3) is 15.7 Å². The third kappa shape index (κ3) is 3.41. The highest BCUT2D eigenvalue weighted by atomic mass is 19.1. The number of anilines is 4. The van der Waals surface area contributed by atoms with Gasteiger partial charge in [-0.1, -0.05) is 12.1 Å². The number of hydrogen-bond acceptors (Lipinski definition) is 4. The summed E-state index contributed by atoms with van der Waals surface area (Å²) in [5, 5.41) is 6.57. The number of aromatic nitrogens is 3. The minimum atomic E-state index is -0.338. The number of H-pyrrole nitrogens is 1. The molecule has 2 aromatic heterocycles. The lowest BCUT2D eigenvalue weighted by atomic mass is 10.2. The van der Waals surface area contributed by atoms with Crippen LogP contribution < -0.4 is 10.6 Å². The number of aryl methyl sites for hydroxylation is 1. The van der Waals surface area contributed by atoms with Gasteiger partial charge in [-0.25, -0.2) is 14.2 Å². The summed E-state index contributed by atoms with van der Waals surface area (Å²) in [6.07, 6.45) is 1.58. The van der Waals surface area contributed by atoms with Crippen LogP contribution in [0, 0.1) is 19.3 Å². The Labute approximate surface area is 154 Å². The van der Waals surface area contributed by atoms with Crippen molar-refractivity contribution in [3.63, 3.8) is 0 Å². The molecule has 0 saturated heterocycles. The summed E-state index contributed by atoms with van der Waals surface area (Å²) < 4.78 is 14.7. The van der Waals surface area contributed by atoms with Crippen LogP contribution >= 0.6 is 0 Å². The zero-order valence-electron chi connectivity index (χ0n) is 14.4. The van der Waals surface area contributed by atoms with Gasteiger partial charge in [0.05, 0.1) is 12.3 Å². The number of halogens is 1. The maximum Gasteiger partial charge on any atom is 0.229 e. The Hall–Kier alpha value is -3.92. The fraction of sp³-hybridized carbons (Fsp3) is 0.0500. The first-order valence-electron chi connectivity index (χ1n) is 8.25. The molecular formula is C20H15FN6. The van der Waals surface area contributed by atoms with E-state index in [2.05, 4.69) is 30.4 Å². The molecule has 0 amide bonds. The first kappa shape index (κ1) is 16.5. The van der Waals surface area contributed by atoms with Gasteiger partial charge < -0.3 is 15.6 Å². The van der Waals surface area contributed by atoms with Crippen LogP contribution in [-0.4, -0.2) is 15.0 Å². The van der Waals surface area contributed by atoms with E-state index in [1.54, 1.807) is 42.6 Å². The van der Waals surface area contributed by atoms with Crippen molar-refractivity contribution in [3.8, 4) is 0 Å². The van der Waals surface area contributed by atoms with Crippen molar-refractivity contribution in [2.75, 3.05) is 10.6 Å². The maximum atomic E-state index is 14.7. The Kier molecular flexibility index (Phi) is 4.15. The third-order valence-electron chi connectivity index (χ3n) is 4.02. The monoisotopic (exact) mass is 358 g/mol. The summed E-state index contributed by atoms with van der Waals surface area (Å²) in [4.78, 5) is 15.0. The number of rotatable bonds is 4. The van der Waals surface area contributed by atoms with E-state index in [1.165, 1.54) is 0 Å². The van der Waals surface area contributed by atoms with Crippen LogP contribution in [0.15, 0.2) is 54.7 Å². The molecule has 3 N–H and O–H groups in total. The largest absolute Gasteiger partial charge is 0.359 e. The van der Waals surface area contributed by atoms with E-state index in [-0.39, 0.29) is 5.82 Å². The van der Waals surface area contributed by atoms with E-state index < -0.39 is 0 Å². The SMILES string of the molecule is [C-]#[N+]c1cccc(Nc2nccc(Nc3ccc4[nH]c(C)cc4c3F)n2)c1. The smallest absolute Gasteiger partial charge is 0.229 e. The molecule has 4 rings (SSSR count). The van der Waals surface area contributed by atoms with E-state index >= 15 is 0 Å². The van der Waals surface area contributed by atoms with Crippen molar-refractivity contribution in [2.45, 2.75) is 6.92 Å². The average molecular weight is 358 g/mol. The zero-order valence-corrected chi connectivity index (χ0v) is 14.4. The molecule has 0 saturated carbocycles. The lowest BCUT2D eigenvalue weighted by Crippen LogP contribution is -2.01. The molecule has 7 heteroatoms. The molecule has 0 fully saturated rings. The van der Waals surface area contributed by atoms with E-state index in [9.17, 15) is 4.39 Å². The molecule has 2 aromatic carbocycles. The summed E-state index contributed by atoms with van der Waals surface area (Å²) >= 11 is 0. The van der Waals surface area contributed by atoms with Crippen molar-refractivity contribution in [2.24, 2.45) is 0 Å². The van der Waals surface area contributed by atoms with Crippen LogP contribution in [-0.2, 0) is 0 Å². The fourth-order valence-electron chi connectivity index (χ4n) is 2.81. The minimum Gasteiger partial charge on any atom is -0.359 e. The van der Waals surface area contributed by atoms with E-state index in [0.717, 1.165) is 11.2 Å².